The Kier molecular flexibility index (Phi) is 4.81. The fourth-order valence-electron chi connectivity index (χ4n) is 3.00. The number of benzene rings is 1. The van der Waals surface area contributed by atoms with Crippen LogP contribution in [0.2, 0.25) is 0 Å². The third-order valence-electron chi connectivity index (χ3n) is 4.50. The van der Waals surface area contributed by atoms with Crippen LogP contribution in [0, 0.1) is 5.92 Å². The molecule has 0 aliphatic carbocycles. The molecule has 6 nitrogen and oxygen atoms in total. The van der Waals surface area contributed by atoms with Gasteiger partial charge in [-0.15, -0.1) is 0 Å². The molecule has 1 fully saturated rings. The van der Waals surface area contributed by atoms with E-state index in [4.69, 9.17) is 4.42 Å². The predicted molar refractivity (Wildman–Crippen MR) is 88.3 cm³/mol. The van der Waals surface area contributed by atoms with E-state index < -0.39 is 5.76 Å². The number of aromatic nitrogens is 1. The Hall–Kier alpha value is -2.08. The molecule has 1 amide bonds. The molecule has 1 N–H and O–H groups in total. The molecule has 23 heavy (non-hydrogen) atoms. The third kappa shape index (κ3) is 3.82. The van der Waals surface area contributed by atoms with Gasteiger partial charge in [0.05, 0.1) is 5.52 Å². The minimum Gasteiger partial charge on any atom is -0.408 e. The van der Waals surface area contributed by atoms with Crippen molar-refractivity contribution in [1.29, 1.82) is 0 Å². The molecule has 0 unspecified atom stereocenters. The van der Waals surface area contributed by atoms with Gasteiger partial charge in [0.25, 0.3) is 0 Å². The summed E-state index contributed by atoms with van der Waals surface area (Å²) in [5, 5.41) is 2.89. The van der Waals surface area contributed by atoms with Gasteiger partial charge in [0.2, 0.25) is 5.91 Å². The largest absolute Gasteiger partial charge is 0.420 e. The van der Waals surface area contributed by atoms with Crippen LogP contribution < -0.4 is 11.1 Å². The Balaban J connectivity index is 1.51. The Morgan fingerprint density at radius 2 is 2.04 bits per heavy atom. The predicted octanol–water partition coefficient (Wildman–Crippen LogP) is 1.44. The van der Waals surface area contributed by atoms with Crippen molar-refractivity contribution in [3.8, 4) is 0 Å². The maximum atomic E-state index is 12.1. The summed E-state index contributed by atoms with van der Waals surface area (Å²) in [5.74, 6) is 0.150. The smallest absolute Gasteiger partial charge is 0.408 e. The van der Waals surface area contributed by atoms with Gasteiger partial charge in [-0.1, -0.05) is 19.1 Å². The number of nitrogens with zero attached hydrogens (tertiary/aromatic N) is 2. The van der Waals surface area contributed by atoms with Crippen LogP contribution in [-0.4, -0.2) is 41.6 Å². The topological polar surface area (TPSA) is 67.5 Å². The molecule has 1 aliphatic rings. The normalized spacial score (nSPS) is 16.7. The fraction of sp³-hybridized carbons (Fsp3) is 0.529. The van der Waals surface area contributed by atoms with Gasteiger partial charge >= 0.3 is 5.76 Å². The number of oxazole rings is 1. The van der Waals surface area contributed by atoms with Gasteiger partial charge in [0.15, 0.2) is 5.58 Å². The Morgan fingerprint density at radius 3 is 2.83 bits per heavy atom. The number of carbonyl (C=O) groups excluding carboxylic acids is 1. The minimum absolute atomic E-state index is 0.00706. The molecule has 0 atom stereocenters. The maximum absolute atomic E-state index is 12.1. The van der Waals surface area contributed by atoms with Gasteiger partial charge in [-0.2, -0.15) is 0 Å². The van der Waals surface area contributed by atoms with Crippen molar-refractivity contribution >= 4 is 17.0 Å². The molecule has 0 radical (unpaired) electrons. The van der Waals surface area contributed by atoms with Gasteiger partial charge < -0.3 is 14.6 Å². The number of para-hydroxylation sites is 2. The van der Waals surface area contributed by atoms with Gasteiger partial charge in [-0.05, 0) is 44.0 Å². The molecule has 6 heteroatoms. The molecule has 1 aromatic carbocycles. The second-order valence-corrected chi connectivity index (χ2v) is 6.30. The fourth-order valence-corrected chi connectivity index (χ4v) is 3.00. The maximum Gasteiger partial charge on any atom is 0.420 e. The van der Waals surface area contributed by atoms with Gasteiger partial charge in [-0.25, -0.2) is 4.79 Å². The van der Waals surface area contributed by atoms with Crippen molar-refractivity contribution in [2.45, 2.75) is 26.3 Å². The first-order chi connectivity index (χ1) is 11.1. The molecule has 0 spiro atoms. The quantitative estimate of drug-likeness (QED) is 0.906. The zero-order valence-electron chi connectivity index (χ0n) is 13.5. The Bertz CT molecular complexity index is 726. The van der Waals surface area contributed by atoms with Gasteiger partial charge in [0.1, 0.15) is 6.54 Å². The summed E-state index contributed by atoms with van der Waals surface area (Å²) < 4.78 is 6.50. The van der Waals surface area contributed by atoms with E-state index in [1.54, 1.807) is 18.2 Å². The first-order valence-corrected chi connectivity index (χ1v) is 8.21. The van der Waals surface area contributed by atoms with Crippen LogP contribution in [0.4, 0.5) is 0 Å². The van der Waals surface area contributed by atoms with Gasteiger partial charge in [0, 0.05) is 13.1 Å². The number of piperidine rings is 1. The second-order valence-electron chi connectivity index (χ2n) is 6.30. The Morgan fingerprint density at radius 1 is 1.30 bits per heavy atom. The lowest BCUT2D eigenvalue weighted by Gasteiger charge is -2.30. The highest BCUT2D eigenvalue weighted by Gasteiger charge is 2.16. The highest BCUT2D eigenvalue weighted by molar-refractivity contribution is 5.79. The summed E-state index contributed by atoms with van der Waals surface area (Å²) >= 11 is 0. The number of carbonyl (C=O) groups is 1. The number of nitrogens with one attached hydrogen (secondary N) is 1. The van der Waals surface area contributed by atoms with Crippen molar-refractivity contribution in [3.63, 3.8) is 0 Å². The first-order valence-electron chi connectivity index (χ1n) is 8.21. The zero-order chi connectivity index (χ0) is 16.2. The number of hydrogen-bond acceptors (Lipinski definition) is 4. The molecule has 0 bridgehead atoms. The summed E-state index contributed by atoms with van der Waals surface area (Å²) in [4.78, 5) is 26.3. The summed E-state index contributed by atoms with van der Waals surface area (Å²) in [6.45, 7) is 5.95. The Labute approximate surface area is 135 Å². The molecule has 2 aromatic rings. The number of amides is 1. The number of hydrogen-bond donors (Lipinski definition) is 1. The van der Waals surface area contributed by atoms with Crippen LogP contribution in [-0.2, 0) is 11.3 Å². The van der Waals surface area contributed by atoms with E-state index in [1.165, 1.54) is 17.4 Å². The summed E-state index contributed by atoms with van der Waals surface area (Å²) in [5.41, 5.74) is 1.16. The minimum atomic E-state index is -0.494. The standard InChI is InChI=1S/C17H23N3O3/c1-13-6-9-19(10-7-13)11-8-18-16(21)12-20-14-4-2-3-5-15(14)23-17(20)22/h2-5,13H,6-12H2,1H3,(H,18,21). The number of rotatable bonds is 5. The van der Waals surface area contributed by atoms with E-state index in [0.29, 0.717) is 17.6 Å². The average molecular weight is 317 g/mol. The molecular formula is C17H23N3O3. The summed E-state index contributed by atoms with van der Waals surface area (Å²) in [6.07, 6.45) is 2.45. The molecule has 1 aliphatic heterocycles. The van der Waals surface area contributed by atoms with Crippen LogP contribution in [0.5, 0.6) is 0 Å². The van der Waals surface area contributed by atoms with Crippen LogP contribution >= 0.6 is 0 Å². The van der Waals surface area contributed by atoms with Crippen molar-refractivity contribution in [2.75, 3.05) is 26.2 Å². The lowest BCUT2D eigenvalue weighted by Crippen LogP contribution is -2.40. The lowest BCUT2D eigenvalue weighted by atomic mass is 9.99. The van der Waals surface area contributed by atoms with Crippen LogP contribution in [0.3, 0.4) is 0 Å². The molecule has 1 aromatic heterocycles. The zero-order valence-corrected chi connectivity index (χ0v) is 13.5. The van der Waals surface area contributed by atoms with E-state index >= 15 is 0 Å². The van der Waals surface area contributed by atoms with Crippen LogP contribution in [0.1, 0.15) is 19.8 Å². The van der Waals surface area contributed by atoms with Crippen molar-refractivity contribution in [3.05, 3.63) is 34.8 Å². The van der Waals surface area contributed by atoms with Crippen LogP contribution in [0.15, 0.2) is 33.5 Å². The van der Waals surface area contributed by atoms with Crippen LogP contribution in [0.25, 0.3) is 11.1 Å². The average Bonchev–Trinajstić information content (AvgIpc) is 2.85. The van der Waals surface area contributed by atoms with E-state index in [0.717, 1.165) is 25.6 Å². The van der Waals surface area contributed by atoms with Gasteiger partial charge in [-0.3, -0.25) is 9.36 Å². The van der Waals surface area contributed by atoms with Crippen molar-refractivity contribution in [1.82, 2.24) is 14.8 Å². The monoisotopic (exact) mass is 317 g/mol. The number of fused-ring (bicyclic) bond motifs is 1. The molecular weight excluding hydrogens is 294 g/mol. The summed E-state index contributed by atoms with van der Waals surface area (Å²) in [6, 6.07) is 7.13. The molecule has 3 rings (SSSR count). The van der Waals surface area contributed by atoms with E-state index in [2.05, 4.69) is 17.1 Å². The lowest BCUT2D eigenvalue weighted by molar-refractivity contribution is -0.121. The first kappa shape index (κ1) is 15.8. The molecule has 1 saturated heterocycles. The second kappa shape index (κ2) is 7.00. The number of likely N-dealkylation sites (tertiary alicyclic amines) is 1. The van der Waals surface area contributed by atoms with E-state index in [-0.39, 0.29) is 12.5 Å². The highest BCUT2D eigenvalue weighted by atomic mass is 16.4. The van der Waals surface area contributed by atoms with Crippen molar-refractivity contribution in [2.24, 2.45) is 5.92 Å². The highest BCUT2D eigenvalue weighted by Crippen LogP contribution is 2.15. The van der Waals surface area contributed by atoms with Crippen molar-refractivity contribution < 1.29 is 9.21 Å². The molecule has 0 saturated carbocycles. The van der Waals surface area contributed by atoms with E-state index in [1.807, 2.05) is 6.07 Å². The molecule has 124 valence electrons. The SMILES string of the molecule is CC1CCN(CCNC(=O)Cn2c(=O)oc3ccccc32)CC1. The summed E-state index contributed by atoms with van der Waals surface area (Å²) in [7, 11) is 0. The van der Waals surface area contributed by atoms with E-state index in [9.17, 15) is 9.59 Å². The third-order valence-corrected chi connectivity index (χ3v) is 4.50. The molecule has 2 heterocycles.